The van der Waals surface area contributed by atoms with E-state index in [1.165, 1.54) is 11.4 Å². The molecule has 148 valence electrons. The first-order valence-corrected chi connectivity index (χ1v) is 10.3. The molecule has 1 aromatic rings. The molecule has 0 amide bonds. The van der Waals surface area contributed by atoms with Crippen molar-refractivity contribution in [2.75, 3.05) is 26.7 Å². The molecule has 26 heavy (non-hydrogen) atoms. The SMILES string of the molecule is COC(=O)C1CCCCC1S(=O)(=O)N(CCN)CCc1ccccc1.Cl. The Morgan fingerprint density at radius 3 is 2.46 bits per heavy atom. The lowest BCUT2D eigenvalue weighted by molar-refractivity contribution is -0.146. The fourth-order valence-corrected chi connectivity index (χ4v) is 5.69. The highest BCUT2D eigenvalue weighted by Gasteiger charge is 2.42. The predicted molar refractivity (Wildman–Crippen MR) is 105 cm³/mol. The second kappa shape index (κ2) is 10.9. The Kier molecular flexibility index (Phi) is 9.57. The van der Waals surface area contributed by atoms with Crippen LogP contribution in [0.4, 0.5) is 0 Å². The van der Waals surface area contributed by atoms with Crippen molar-refractivity contribution in [2.45, 2.75) is 37.4 Å². The second-order valence-corrected chi connectivity index (χ2v) is 8.57. The van der Waals surface area contributed by atoms with Gasteiger partial charge in [-0.2, -0.15) is 0 Å². The molecule has 0 radical (unpaired) electrons. The summed E-state index contributed by atoms with van der Waals surface area (Å²) in [4.78, 5) is 12.1. The third-order valence-electron chi connectivity index (χ3n) is 4.82. The van der Waals surface area contributed by atoms with Crippen LogP contribution in [0.1, 0.15) is 31.2 Å². The number of esters is 1. The zero-order valence-electron chi connectivity index (χ0n) is 15.2. The van der Waals surface area contributed by atoms with E-state index in [0.717, 1.165) is 18.4 Å². The van der Waals surface area contributed by atoms with Gasteiger partial charge in [0, 0.05) is 19.6 Å². The summed E-state index contributed by atoms with van der Waals surface area (Å²) in [7, 11) is -2.30. The summed E-state index contributed by atoms with van der Waals surface area (Å²) < 4.78 is 32.7. The van der Waals surface area contributed by atoms with Gasteiger partial charge < -0.3 is 10.5 Å². The summed E-state index contributed by atoms with van der Waals surface area (Å²) in [5, 5.41) is -0.712. The highest BCUT2D eigenvalue weighted by molar-refractivity contribution is 7.89. The molecule has 0 heterocycles. The number of carbonyl (C=O) groups is 1. The Hall–Kier alpha value is -1.15. The number of sulfonamides is 1. The van der Waals surface area contributed by atoms with Crippen molar-refractivity contribution in [3.05, 3.63) is 35.9 Å². The van der Waals surface area contributed by atoms with Gasteiger partial charge >= 0.3 is 5.97 Å². The maximum absolute atomic E-state index is 13.2. The van der Waals surface area contributed by atoms with Crippen molar-refractivity contribution in [2.24, 2.45) is 11.7 Å². The van der Waals surface area contributed by atoms with E-state index in [1.807, 2.05) is 30.3 Å². The van der Waals surface area contributed by atoms with Crippen molar-refractivity contribution >= 4 is 28.4 Å². The number of halogens is 1. The number of methoxy groups -OCH3 is 1. The highest BCUT2D eigenvalue weighted by atomic mass is 35.5. The average molecular weight is 405 g/mol. The molecule has 2 N–H and O–H groups in total. The fraction of sp³-hybridized carbons (Fsp3) is 0.611. The van der Waals surface area contributed by atoms with Gasteiger partial charge in [-0.05, 0) is 24.8 Å². The van der Waals surface area contributed by atoms with E-state index in [1.54, 1.807) is 0 Å². The Morgan fingerprint density at radius 1 is 1.19 bits per heavy atom. The number of nitrogens with zero attached hydrogens (tertiary/aromatic N) is 1. The average Bonchev–Trinajstić information content (AvgIpc) is 2.65. The van der Waals surface area contributed by atoms with Gasteiger partial charge in [0.1, 0.15) is 0 Å². The van der Waals surface area contributed by atoms with Gasteiger partial charge in [0.25, 0.3) is 0 Å². The smallest absolute Gasteiger partial charge is 0.310 e. The Balaban J connectivity index is 0.00000338. The summed E-state index contributed by atoms with van der Waals surface area (Å²) >= 11 is 0. The minimum atomic E-state index is -3.61. The quantitative estimate of drug-likeness (QED) is 0.669. The topological polar surface area (TPSA) is 89.7 Å². The molecule has 0 bridgehead atoms. The third-order valence-corrected chi connectivity index (χ3v) is 7.23. The minimum Gasteiger partial charge on any atom is -0.469 e. The molecular weight excluding hydrogens is 376 g/mol. The molecule has 0 spiro atoms. The molecule has 6 nitrogen and oxygen atoms in total. The van der Waals surface area contributed by atoms with Gasteiger partial charge in [0.15, 0.2) is 0 Å². The summed E-state index contributed by atoms with van der Waals surface area (Å²) in [6.45, 7) is 0.886. The number of nitrogens with two attached hydrogens (primary N) is 1. The summed E-state index contributed by atoms with van der Waals surface area (Å²) in [5.41, 5.74) is 6.72. The first-order chi connectivity index (χ1) is 12.0. The number of hydrogen-bond acceptors (Lipinski definition) is 5. The Labute approximate surface area is 162 Å². The zero-order chi connectivity index (χ0) is 18.3. The molecule has 1 fully saturated rings. The van der Waals surface area contributed by atoms with Gasteiger partial charge in [0.2, 0.25) is 10.0 Å². The summed E-state index contributed by atoms with van der Waals surface area (Å²) in [6.07, 6.45) is 3.34. The van der Waals surface area contributed by atoms with Crippen LogP contribution >= 0.6 is 12.4 Å². The molecule has 0 aromatic heterocycles. The molecule has 0 aliphatic heterocycles. The summed E-state index contributed by atoms with van der Waals surface area (Å²) in [5.74, 6) is -1.01. The number of benzene rings is 1. The normalized spacial score (nSPS) is 20.4. The first kappa shape index (κ1) is 22.9. The lowest BCUT2D eigenvalue weighted by atomic mass is 9.89. The van der Waals surface area contributed by atoms with E-state index in [-0.39, 0.29) is 25.5 Å². The third kappa shape index (κ3) is 5.67. The molecule has 2 atom stereocenters. The van der Waals surface area contributed by atoms with E-state index < -0.39 is 27.2 Å². The highest BCUT2D eigenvalue weighted by Crippen LogP contribution is 2.32. The molecule has 2 unspecified atom stereocenters. The monoisotopic (exact) mass is 404 g/mol. The van der Waals surface area contributed by atoms with Crippen molar-refractivity contribution in [1.82, 2.24) is 4.31 Å². The van der Waals surface area contributed by atoms with Crippen LogP contribution in [-0.2, 0) is 26.0 Å². The maximum atomic E-state index is 13.2. The van der Waals surface area contributed by atoms with Crippen molar-refractivity contribution in [3.8, 4) is 0 Å². The fourth-order valence-electron chi connectivity index (χ4n) is 3.47. The second-order valence-electron chi connectivity index (χ2n) is 6.42. The molecular formula is C18H29ClN2O4S. The van der Waals surface area contributed by atoms with Crippen molar-refractivity contribution in [3.63, 3.8) is 0 Å². The summed E-state index contributed by atoms with van der Waals surface area (Å²) in [6, 6.07) is 9.76. The van der Waals surface area contributed by atoms with Gasteiger partial charge in [0.05, 0.1) is 18.3 Å². The lowest BCUT2D eigenvalue weighted by Gasteiger charge is -2.33. The van der Waals surface area contributed by atoms with Crippen molar-refractivity contribution in [1.29, 1.82) is 0 Å². The Morgan fingerprint density at radius 2 is 1.85 bits per heavy atom. The molecule has 1 aliphatic carbocycles. The van der Waals surface area contributed by atoms with Crippen LogP contribution in [0.5, 0.6) is 0 Å². The van der Waals surface area contributed by atoms with Crippen molar-refractivity contribution < 1.29 is 17.9 Å². The van der Waals surface area contributed by atoms with Gasteiger partial charge in [-0.15, -0.1) is 12.4 Å². The predicted octanol–water partition coefficient (Wildman–Crippen LogP) is 1.97. The van der Waals surface area contributed by atoms with E-state index in [2.05, 4.69) is 0 Å². The van der Waals surface area contributed by atoms with E-state index in [9.17, 15) is 13.2 Å². The van der Waals surface area contributed by atoms with Crippen LogP contribution in [0.3, 0.4) is 0 Å². The number of rotatable bonds is 8. The molecule has 0 saturated heterocycles. The van der Waals surface area contributed by atoms with Gasteiger partial charge in [-0.3, -0.25) is 4.79 Å². The van der Waals surface area contributed by atoms with Crippen LogP contribution < -0.4 is 5.73 Å². The first-order valence-electron chi connectivity index (χ1n) is 8.81. The van der Waals surface area contributed by atoms with Gasteiger partial charge in [-0.1, -0.05) is 43.2 Å². The number of carbonyl (C=O) groups excluding carboxylic acids is 1. The maximum Gasteiger partial charge on any atom is 0.310 e. The van der Waals surface area contributed by atoms with E-state index in [4.69, 9.17) is 10.5 Å². The van der Waals surface area contributed by atoms with Crippen LogP contribution in [0.2, 0.25) is 0 Å². The number of hydrogen-bond donors (Lipinski definition) is 1. The largest absolute Gasteiger partial charge is 0.469 e. The van der Waals surface area contributed by atoms with E-state index >= 15 is 0 Å². The molecule has 1 aromatic carbocycles. The van der Waals surface area contributed by atoms with Crippen LogP contribution in [0, 0.1) is 5.92 Å². The van der Waals surface area contributed by atoms with Crippen LogP contribution in [-0.4, -0.2) is 50.7 Å². The molecule has 1 saturated carbocycles. The minimum absolute atomic E-state index is 0. The lowest BCUT2D eigenvalue weighted by Crippen LogP contribution is -2.48. The standard InChI is InChI=1S/C18H28N2O4S.ClH/c1-24-18(21)16-9-5-6-10-17(16)25(22,23)20(14-12-19)13-11-15-7-3-2-4-8-15;/h2-4,7-8,16-17H,5-6,9-14,19H2,1H3;1H. The zero-order valence-corrected chi connectivity index (χ0v) is 16.8. The number of ether oxygens (including phenoxy) is 1. The molecule has 2 rings (SSSR count). The Bertz CT molecular complexity index is 654. The van der Waals surface area contributed by atoms with Gasteiger partial charge in [-0.25, -0.2) is 12.7 Å². The van der Waals surface area contributed by atoms with E-state index in [0.29, 0.717) is 25.8 Å². The molecule has 8 heteroatoms. The van der Waals surface area contributed by atoms with Crippen LogP contribution in [0.15, 0.2) is 30.3 Å². The van der Waals surface area contributed by atoms with Crippen LogP contribution in [0.25, 0.3) is 0 Å². The molecule has 1 aliphatic rings.